The van der Waals surface area contributed by atoms with Crippen molar-refractivity contribution in [3.05, 3.63) is 40.9 Å². The highest BCUT2D eigenvalue weighted by molar-refractivity contribution is 6.32. The van der Waals surface area contributed by atoms with Crippen LogP contribution in [0.15, 0.2) is 24.3 Å². The summed E-state index contributed by atoms with van der Waals surface area (Å²) in [6.07, 6.45) is 4.46. The van der Waals surface area contributed by atoms with Crippen molar-refractivity contribution >= 4 is 23.5 Å². The van der Waals surface area contributed by atoms with Crippen molar-refractivity contribution < 1.29 is 14.7 Å². The fraction of sp³-hybridized carbons (Fsp3) is 0.444. The second-order valence-electron chi connectivity index (χ2n) is 6.97. The molecule has 1 aromatic carbocycles. The van der Waals surface area contributed by atoms with E-state index in [0.29, 0.717) is 28.9 Å². The molecule has 1 amide bonds. The van der Waals surface area contributed by atoms with Gasteiger partial charge in [-0.15, -0.1) is 5.10 Å². The molecule has 1 atom stereocenters. The quantitative estimate of drug-likeness (QED) is 0.776. The topological polar surface area (TPSA) is 97.1 Å². The minimum absolute atomic E-state index is 0.0196. The SMILES string of the molecule is O=C(NC(CC1CC1)C(=O)O)c1nc(C2CC2)n(-c2ccccc2Cl)n1. The number of benzene rings is 1. The lowest BCUT2D eigenvalue weighted by atomic mass is 10.1. The van der Waals surface area contributed by atoms with Gasteiger partial charge >= 0.3 is 5.97 Å². The van der Waals surface area contributed by atoms with Crippen LogP contribution in [0.4, 0.5) is 0 Å². The summed E-state index contributed by atoms with van der Waals surface area (Å²) in [4.78, 5) is 28.3. The number of halogens is 1. The summed E-state index contributed by atoms with van der Waals surface area (Å²) in [5.74, 6) is -0.288. The van der Waals surface area contributed by atoms with Gasteiger partial charge in [-0.3, -0.25) is 4.79 Å². The molecule has 26 heavy (non-hydrogen) atoms. The number of rotatable bonds is 7. The Morgan fingerprint density at radius 1 is 1.27 bits per heavy atom. The maximum atomic E-state index is 12.5. The van der Waals surface area contributed by atoms with Crippen molar-refractivity contribution in [3.8, 4) is 5.69 Å². The van der Waals surface area contributed by atoms with Crippen molar-refractivity contribution in [1.82, 2.24) is 20.1 Å². The first-order valence-corrected chi connectivity index (χ1v) is 9.16. The molecule has 0 aliphatic heterocycles. The van der Waals surface area contributed by atoms with Gasteiger partial charge in [0.2, 0.25) is 5.82 Å². The highest BCUT2D eigenvalue weighted by Crippen LogP contribution is 2.40. The largest absolute Gasteiger partial charge is 0.480 e. The summed E-state index contributed by atoms with van der Waals surface area (Å²) in [7, 11) is 0. The molecule has 2 fully saturated rings. The molecule has 2 saturated carbocycles. The monoisotopic (exact) mass is 374 g/mol. The van der Waals surface area contributed by atoms with E-state index in [0.717, 1.165) is 25.7 Å². The Kier molecular flexibility index (Phi) is 4.40. The number of aliphatic carboxylic acids is 1. The number of carbonyl (C=O) groups excluding carboxylic acids is 1. The van der Waals surface area contributed by atoms with Gasteiger partial charge in [-0.25, -0.2) is 14.5 Å². The van der Waals surface area contributed by atoms with E-state index in [-0.39, 0.29) is 11.7 Å². The second kappa shape index (κ2) is 6.72. The number of nitrogens with one attached hydrogen (secondary N) is 1. The van der Waals surface area contributed by atoms with E-state index in [1.165, 1.54) is 0 Å². The summed E-state index contributed by atoms with van der Waals surface area (Å²) >= 11 is 6.27. The molecule has 1 unspecified atom stereocenters. The highest BCUT2D eigenvalue weighted by atomic mass is 35.5. The molecule has 0 spiro atoms. The molecule has 0 radical (unpaired) electrons. The number of carbonyl (C=O) groups is 2. The first-order valence-electron chi connectivity index (χ1n) is 8.78. The predicted octanol–water partition coefficient (Wildman–Crippen LogP) is 2.78. The van der Waals surface area contributed by atoms with Crippen molar-refractivity contribution in [3.63, 3.8) is 0 Å². The molecule has 2 aliphatic rings. The van der Waals surface area contributed by atoms with Gasteiger partial charge < -0.3 is 10.4 Å². The number of hydrogen-bond acceptors (Lipinski definition) is 4. The van der Waals surface area contributed by atoms with Crippen LogP contribution in [0.2, 0.25) is 5.02 Å². The number of hydrogen-bond donors (Lipinski definition) is 2. The summed E-state index contributed by atoms with van der Waals surface area (Å²) in [6.45, 7) is 0. The fourth-order valence-electron chi connectivity index (χ4n) is 2.96. The zero-order valence-electron chi connectivity index (χ0n) is 14.1. The maximum Gasteiger partial charge on any atom is 0.326 e. The van der Waals surface area contributed by atoms with Crippen LogP contribution < -0.4 is 5.32 Å². The van der Waals surface area contributed by atoms with Crippen molar-refractivity contribution in [1.29, 1.82) is 0 Å². The molecule has 136 valence electrons. The van der Waals surface area contributed by atoms with E-state index in [4.69, 9.17) is 11.6 Å². The lowest BCUT2D eigenvalue weighted by Gasteiger charge is -2.12. The Morgan fingerprint density at radius 3 is 2.62 bits per heavy atom. The average Bonchev–Trinajstić information content (AvgIpc) is 3.54. The third kappa shape index (κ3) is 3.58. The normalized spacial score (nSPS) is 17.7. The molecular formula is C18H19ClN4O3. The Morgan fingerprint density at radius 2 is 2.00 bits per heavy atom. The fourth-order valence-corrected chi connectivity index (χ4v) is 3.17. The highest BCUT2D eigenvalue weighted by Gasteiger charge is 2.34. The van der Waals surface area contributed by atoms with E-state index in [1.54, 1.807) is 10.7 Å². The van der Waals surface area contributed by atoms with E-state index >= 15 is 0 Å². The van der Waals surface area contributed by atoms with Gasteiger partial charge in [0.25, 0.3) is 5.91 Å². The number of amides is 1. The van der Waals surface area contributed by atoms with Crippen LogP contribution in [0.3, 0.4) is 0 Å². The van der Waals surface area contributed by atoms with Gasteiger partial charge in [-0.2, -0.15) is 0 Å². The molecule has 4 rings (SSSR count). The van der Waals surface area contributed by atoms with Crippen LogP contribution in [-0.2, 0) is 4.79 Å². The molecule has 2 aliphatic carbocycles. The molecule has 0 saturated heterocycles. The van der Waals surface area contributed by atoms with E-state index in [9.17, 15) is 14.7 Å². The second-order valence-corrected chi connectivity index (χ2v) is 7.38. The lowest BCUT2D eigenvalue weighted by Crippen LogP contribution is -2.41. The van der Waals surface area contributed by atoms with Gasteiger partial charge in [0.15, 0.2) is 0 Å². The molecule has 2 aromatic rings. The first kappa shape index (κ1) is 17.0. The molecule has 7 nitrogen and oxygen atoms in total. The third-order valence-electron chi connectivity index (χ3n) is 4.73. The van der Waals surface area contributed by atoms with Crippen molar-refractivity contribution in [2.24, 2.45) is 5.92 Å². The molecule has 1 aromatic heterocycles. The first-order chi connectivity index (χ1) is 12.5. The van der Waals surface area contributed by atoms with Gasteiger partial charge in [-0.05, 0) is 37.3 Å². The zero-order valence-corrected chi connectivity index (χ0v) is 14.8. The third-order valence-corrected chi connectivity index (χ3v) is 5.05. The van der Waals surface area contributed by atoms with Crippen LogP contribution in [0, 0.1) is 5.92 Å². The molecule has 1 heterocycles. The lowest BCUT2D eigenvalue weighted by molar-refractivity contribution is -0.139. The molecule has 0 bridgehead atoms. The maximum absolute atomic E-state index is 12.5. The van der Waals surface area contributed by atoms with E-state index < -0.39 is 17.9 Å². The minimum Gasteiger partial charge on any atom is -0.480 e. The Labute approximate surface area is 155 Å². The number of para-hydroxylation sites is 1. The van der Waals surface area contributed by atoms with Crippen LogP contribution in [0.1, 0.15) is 54.5 Å². The predicted molar refractivity (Wildman–Crippen MR) is 94.6 cm³/mol. The Bertz CT molecular complexity index is 858. The van der Waals surface area contributed by atoms with E-state index in [1.807, 2.05) is 18.2 Å². The molecule has 8 heteroatoms. The zero-order chi connectivity index (χ0) is 18.3. The summed E-state index contributed by atoms with van der Waals surface area (Å²) in [5.41, 5.74) is 0.662. The van der Waals surface area contributed by atoms with Crippen LogP contribution in [0.5, 0.6) is 0 Å². The standard InChI is InChI=1S/C18H19ClN4O3/c19-12-3-1-2-4-14(12)23-16(11-7-8-11)21-15(22-23)17(24)20-13(18(25)26)9-10-5-6-10/h1-4,10-11,13H,5-9H2,(H,20,24)(H,25,26). The number of aromatic nitrogens is 3. The number of carboxylic acid groups (broad SMARTS) is 1. The van der Waals surface area contributed by atoms with Gasteiger partial charge in [0.1, 0.15) is 11.9 Å². The summed E-state index contributed by atoms with van der Waals surface area (Å²) in [5, 5.41) is 16.7. The van der Waals surface area contributed by atoms with E-state index in [2.05, 4.69) is 15.4 Å². The number of nitrogens with zero attached hydrogens (tertiary/aromatic N) is 3. The summed E-state index contributed by atoms with van der Waals surface area (Å²) in [6, 6.07) is 6.33. The van der Waals surface area contributed by atoms with Crippen LogP contribution in [0.25, 0.3) is 5.69 Å². The number of carboxylic acids is 1. The minimum atomic E-state index is -1.03. The van der Waals surface area contributed by atoms with Crippen molar-refractivity contribution in [2.45, 2.75) is 44.1 Å². The van der Waals surface area contributed by atoms with Gasteiger partial charge in [0, 0.05) is 5.92 Å². The van der Waals surface area contributed by atoms with Crippen LogP contribution >= 0.6 is 11.6 Å². The Balaban J connectivity index is 1.60. The molecular weight excluding hydrogens is 356 g/mol. The Hall–Kier alpha value is -2.41. The van der Waals surface area contributed by atoms with Crippen LogP contribution in [-0.4, -0.2) is 37.8 Å². The molecule has 2 N–H and O–H groups in total. The van der Waals surface area contributed by atoms with Gasteiger partial charge in [-0.1, -0.05) is 36.6 Å². The average molecular weight is 375 g/mol. The smallest absolute Gasteiger partial charge is 0.326 e. The van der Waals surface area contributed by atoms with Crippen molar-refractivity contribution in [2.75, 3.05) is 0 Å². The van der Waals surface area contributed by atoms with Gasteiger partial charge in [0.05, 0.1) is 10.7 Å². The summed E-state index contributed by atoms with van der Waals surface area (Å²) < 4.78 is 1.60.